The Balaban J connectivity index is 1.54. The van der Waals surface area contributed by atoms with Gasteiger partial charge < -0.3 is 16.0 Å². The third-order valence-corrected chi connectivity index (χ3v) is 4.62. The number of aryl methyl sites for hydroxylation is 1. The first-order valence-corrected chi connectivity index (χ1v) is 9.91. The lowest BCUT2D eigenvalue weighted by atomic mass is 10.0. The van der Waals surface area contributed by atoms with Crippen molar-refractivity contribution in [2.24, 2.45) is 4.99 Å². The first kappa shape index (κ1) is 20.3. The number of benzene rings is 1. The van der Waals surface area contributed by atoms with Gasteiger partial charge in [0.05, 0.1) is 0 Å². The van der Waals surface area contributed by atoms with Crippen LogP contribution in [0, 0.1) is 0 Å². The zero-order valence-electron chi connectivity index (χ0n) is 16.5. The molecule has 3 N–H and O–H groups in total. The summed E-state index contributed by atoms with van der Waals surface area (Å²) in [6.45, 7) is 6.08. The van der Waals surface area contributed by atoms with Crippen molar-refractivity contribution in [3.63, 3.8) is 0 Å². The van der Waals surface area contributed by atoms with Crippen LogP contribution in [0.3, 0.4) is 0 Å². The monoisotopic (exact) mass is 358 g/mol. The Labute approximate surface area is 158 Å². The molecule has 1 aromatic carbocycles. The van der Waals surface area contributed by atoms with Crippen LogP contribution in [0.2, 0.25) is 0 Å². The second kappa shape index (κ2) is 10.8. The van der Waals surface area contributed by atoms with Gasteiger partial charge in [0.25, 0.3) is 0 Å². The molecular formula is C21H34N4O. The first-order chi connectivity index (χ1) is 12.6. The van der Waals surface area contributed by atoms with E-state index < -0.39 is 0 Å². The highest BCUT2D eigenvalue weighted by atomic mass is 16.1. The van der Waals surface area contributed by atoms with Gasteiger partial charge in [-0.15, -0.1) is 0 Å². The summed E-state index contributed by atoms with van der Waals surface area (Å²) in [6, 6.07) is 9.37. The summed E-state index contributed by atoms with van der Waals surface area (Å²) in [6.07, 6.45) is 5.80. The lowest BCUT2D eigenvalue weighted by molar-refractivity contribution is -0.121. The fraction of sp³-hybridized carbons (Fsp3) is 0.619. The van der Waals surface area contributed by atoms with Gasteiger partial charge in [-0.3, -0.25) is 9.79 Å². The van der Waals surface area contributed by atoms with Crippen molar-refractivity contribution in [1.29, 1.82) is 0 Å². The summed E-state index contributed by atoms with van der Waals surface area (Å²) in [5.41, 5.74) is 2.77. The van der Waals surface area contributed by atoms with Crippen molar-refractivity contribution in [3.8, 4) is 0 Å². The van der Waals surface area contributed by atoms with E-state index in [2.05, 4.69) is 59.1 Å². The molecule has 0 unspecified atom stereocenters. The molecule has 1 saturated carbocycles. The summed E-state index contributed by atoms with van der Waals surface area (Å²) >= 11 is 0. The fourth-order valence-corrected chi connectivity index (χ4v) is 2.77. The van der Waals surface area contributed by atoms with Crippen LogP contribution < -0.4 is 16.0 Å². The molecule has 0 aliphatic heterocycles. The van der Waals surface area contributed by atoms with Crippen molar-refractivity contribution in [3.05, 3.63) is 35.4 Å². The number of aliphatic imine (C=N–C) groups is 1. The van der Waals surface area contributed by atoms with E-state index in [1.807, 2.05) is 0 Å². The molecule has 1 fully saturated rings. The molecule has 5 nitrogen and oxygen atoms in total. The second-order valence-corrected chi connectivity index (χ2v) is 7.37. The minimum absolute atomic E-state index is 0.167. The minimum atomic E-state index is 0.167. The normalized spacial score (nSPS) is 14.4. The lowest BCUT2D eigenvalue weighted by Crippen LogP contribution is -2.38. The Morgan fingerprint density at radius 2 is 1.77 bits per heavy atom. The first-order valence-electron chi connectivity index (χ1n) is 9.91. The SMILES string of the molecule is CN=C(NCCCC(=O)NC1CC1)NCCCc1ccc(C(C)C)cc1. The second-order valence-electron chi connectivity index (χ2n) is 7.37. The number of carbonyl (C=O) groups is 1. The minimum Gasteiger partial charge on any atom is -0.356 e. The maximum atomic E-state index is 11.6. The average molecular weight is 359 g/mol. The van der Waals surface area contributed by atoms with Crippen LogP contribution >= 0.6 is 0 Å². The van der Waals surface area contributed by atoms with Gasteiger partial charge >= 0.3 is 0 Å². The predicted molar refractivity (Wildman–Crippen MR) is 109 cm³/mol. The molecule has 1 amide bonds. The molecule has 0 bridgehead atoms. The highest BCUT2D eigenvalue weighted by Crippen LogP contribution is 2.18. The van der Waals surface area contributed by atoms with Gasteiger partial charge in [0.15, 0.2) is 5.96 Å². The van der Waals surface area contributed by atoms with Crippen LogP contribution in [-0.2, 0) is 11.2 Å². The molecule has 26 heavy (non-hydrogen) atoms. The summed E-state index contributed by atoms with van der Waals surface area (Å²) in [5, 5.41) is 9.62. The molecule has 1 aliphatic carbocycles. The molecule has 5 heteroatoms. The topological polar surface area (TPSA) is 65.5 Å². The van der Waals surface area contributed by atoms with Crippen molar-refractivity contribution in [2.75, 3.05) is 20.1 Å². The summed E-state index contributed by atoms with van der Waals surface area (Å²) < 4.78 is 0. The number of hydrogen-bond donors (Lipinski definition) is 3. The molecule has 0 atom stereocenters. The van der Waals surface area contributed by atoms with E-state index in [1.165, 1.54) is 11.1 Å². The number of hydrogen-bond acceptors (Lipinski definition) is 2. The molecule has 0 aromatic heterocycles. The Bertz CT molecular complexity index is 576. The number of rotatable bonds is 10. The van der Waals surface area contributed by atoms with E-state index in [0.717, 1.165) is 51.2 Å². The van der Waals surface area contributed by atoms with Crippen molar-refractivity contribution in [2.45, 2.75) is 64.3 Å². The molecule has 144 valence electrons. The lowest BCUT2D eigenvalue weighted by Gasteiger charge is -2.12. The molecule has 1 aliphatic rings. The van der Waals surface area contributed by atoms with Crippen molar-refractivity contribution in [1.82, 2.24) is 16.0 Å². The smallest absolute Gasteiger partial charge is 0.220 e. The van der Waals surface area contributed by atoms with Crippen LogP contribution in [0.4, 0.5) is 0 Å². The molecule has 0 saturated heterocycles. The molecule has 2 rings (SSSR count). The van der Waals surface area contributed by atoms with Crippen molar-refractivity contribution < 1.29 is 4.79 Å². The highest BCUT2D eigenvalue weighted by Gasteiger charge is 2.22. The maximum absolute atomic E-state index is 11.6. The molecule has 0 radical (unpaired) electrons. The molecule has 0 heterocycles. The Morgan fingerprint density at radius 3 is 2.35 bits per heavy atom. The number of nitrogens with zero attached hydrogens (tertiary/aromatic N) is 1. The van der Waals surface area contributed by atoms with Crippen LogP contribution in [0.25, 0.3) is 0 Å². The van der Waals surface area contributed by atoms with Crippen LogP contribution in [0.1, 0.15) is 63.0 Å². The zero-order chi connectivity index (χ0) is 18.8. The van der Waals surface area contributed by atoms with E-state index >= 15 is 0 Å². The number of guanidine groups is 1. The van der Waals surface area contributed by atoms with Crippen LogP contribution in [0.15, 0.2) is 29.3 Å². The van der Waals surface area contributed by atoms with Crippen molar-refractivity contribution >= 4 is 11.9 Å². The molecule has 0 spiro atoms. The third-order valence-electron chi connectivity index (χ3n) is 4.62. The highest BCUT2D eigenvalue weighted by molar-refractivity contribution is 5.79. The number of carbonyl (C=O) groups excluding carboxylic acids is 1. The van der Waals surface area contributed by atoms with Gasteiger partial charge in [-0.05, 0) is 49.1 Å². The van der Waals surface area contributed by atoms with Gasteiger partial charge in [0.1, 0.15) is 0 Å². The van der Waals surface area contributed by atoms with Crippen LogP contribution in [0.5, 0.6) is 0 Å². The van der Waals surface area contributed by atoms with Gasteiger partial charge in [-0.1, -0.05) is 38.1 Å². The quantitative estimate of drug-likeness (QED) is 0.342. The largest absolute Gasteiger partial charge is 0.356 e. The average Bonchev–Trinajstić information content (AvgIpc) is 3.44. The summed E-state index contributed by atoms with van der Waals surface area (Å²) in [5.74, 6) is 1.56. The number of nitrogens with one attached hydrogen (secondary N) is 3. The van der Waals surface area contributed by atoms with Crippen LogP contribution in [-0.4, -0.2) is 38.0 Å². The van der Waals surface area contributed by atoms with Gasteiger partial charge in [-0.25, -0.2) is 0 Å². The Morgan fingerprint density at radius 1 is 1.12 bits per heavy atom. The standard InChI is InChI=1S/C21H34N4O/c1-16(2)18-10-8-17(9-11-18)6-4-14-23-21(22-3)24-15-5-7-20(26)25-19-12-13-19/h8-11,16,19H,4-7,12-15H2,1-3H3,(H,25,26)(H2,22,23,24). The predicted octanol–water partition coefficient (Wildman–Crippen LogP) is 2.97. The van der Waals surface area contributed by atoms with E-state index in [0.29, 0.717) is 18.4 Å². The van der Waals surface area contributed by atoms with E-state index in [-0.39, 0.29) is 5.91 Å². The van der Waals surface area contributed by atoms with E-state index in [4.69, 9.17) is 0 Å². The van der Waals surface area contributed by atoms with Gasteiger partial charge in [0.2, 0.25) is 5.91 Å². The fourth-order valence-electron chi connectivity index (χ4n) is 2.77. The summed E-state index contributed by atoms with van der Waals surface area (Å²) in [7, 11) is 1.78. The Kier molecular flexibility index (Phi) is 8.45. The Hall–Kier alpha value is -2.04. The maximum Gasteiger partial charge on any atom is 0.220 e. The third kappa shape index (κ3) is 7.89. The molecular weight excluding hydrogens is 324 g/mol. The van der Waals surface area contributed by atoms with Gasteiger partial charge in [-0.2, -0.15) is 0 Å². The van der Waals surface area contributed by atoms with Gasteiger partial charge in [0, 0.05) is 32.6 Å². The van der Waals surface area contributed by atoms with E-state index in [9.17, 15) is 4.79 Å². The zero-order valence-corrected chi connectivity index (χ0v) is 16.5. The summed E-state index contributed by atoms with van der Waals surface area (Å²) in [4.78, 5) is 15.9. The van der Waals surface area contributed by atoms with E-state index in [1.54, 1.807) is 7.05 Å². The number of amides is 1. The molecule has 1 aromatic rings.